The van der Waals surface area contributed by atoms with Gasteiger partial charge in [0, 0.05) is 11.6 Å². The number of hydrogen-bond donors (Lipinski definition) is 0. The summed E-state index contributed by atoms with van der Waals surface area (Å²) in [6.07, 6.45) is 0. The molecule has 0 fully saturated rings. The third kappa shape index (κ3) is 3.19. The minimum atomic E-state index is -0.622. The van der Waals surface area contributed by atoms with Gasteiger partial charge in [0.25, 0.3) is 0 Å². The van der Waals surface area contributed by atoms with Crippen LogP contribution in [0.15, 0.2) is 34.8 Å². The largest absolute Gasteiger partial charge is 0.456 e. The molecular formula is C13H7BrCl2F2O. The lowest BCUT2D eigenvalue weighted by molar-refractivity contribution is 0.462. The zero-order valence-corrected chi connectivity index (χ0v) is 12.5. The first-order valence-corrected chi connectivity index (χ1v) is 6.89. The van der Waals surface area contributed by atoms with Gasteiger partial charge in [-0.25, -0.2) is 8.78 Å². The number of benzene rings is 2. The molecule has 0 aliphatic carbocycles. The lowest BCUT2D eigenvalue weighted by Gasteiger charge is -2.12. The van der Waals surface area contributed by atoms with E-state index in [2.05, 4.69) is 15.9 Å². The highest BCUT2D eigenvalue weighted by atomic mass is 79.9. The second-order valence-electron chi connectivity index (χ2n) is 3.65. The number of ether oxygens (including phenoxy) is 1. The molecule has 0 aliphatic heterocycles. The second-order valence-corrected chi connectivity index (χ2v) is 5.18. The average molecular weight is 368 g/mol. The first kappa shape index (κ1) is 14.6. The van der Waals surface area contributed by atoms with Crippen LogP contribution in [0.1, 0.15) is 5.56 Å². The standard InChI is InChI=1S/C13H7BrCl2F2O/c14-8-4-9(16)11(18)5-13(8)19-12-3-1-2-10(17)7(12)6-15/h1-5H,6H2. The Bertz CT molecular complexity index is 620. The first-order valence-electron chi connectivity index (χ1n) is 5.18. The molecule has 0 atom stereocenters. The van der Waals surface area contributed by atoms with Crippen LogP contribution in [0.4, 0.5) is 8.78 Å². The van der Waals surface area contributed by atoms with Crippen LogP contribution in [-0.4, -0.2) is 0 Å². The van der Waals surface area contributed by atoms with Crippen LogP contribution in [0.25, 0.3) is 0 Å². The number of hydrogen-bond acceptors (Lipinski definition) is 1. The molecule has 19 heavy (non-hydrogen) atoms. The predicted octanol–water partition coefficient (Wildman–Crippen LogP) is 5.91. The molecule has 0 aliphatic rings. The van der Waals surface area contributed by atoms with Gasteiger partial charge in [-0.2, -0.15) is 0 Å². The van der Waals surface area contributed by atoms with Crippen LogP contribution < -0.4 is 4.74 Å². The average Bonchev–Trinajstić information content (AvgIpc) is 2.36. The normalized spacial score (nSPS) is 10.6. The van der Waals surface area contributed by atoms with Gasteiger partial charge in [0.2, 0.25) is 0 Å². The molecule has 0 amide bonds. The molecule has 2 rings (SSSR count). The Labute approximate surface area is 127 Å². The maximum Gasteiger partial charge on any atom is 0.145 e. The number of alkyl halides is 1. The van der Waals surface area contributed by atoms with Gasteiger partial charge >= 0.3 is 0 Å². The van der Waals surface area contributed by atoms with E-state index >= 15 is 0 Å². The summed E-state index contributed by atoms with van der Waals surface area (Å²) in [5.41, 5.74) is 0.214. The Morgan fingerprint density at radius 3 is 2.53 bits per heavy atom. The Morgan fingerprint density at radius 2 is 1.84 bits per heavy atom. The van der Waals surface area contributed by atoms with Crippen molar-refractivity contribution in [3.8, 4) is 11.5 Å². The summed E-state index contributed by atoms with van der Waals surface area (Å²) < 4.78 is 32.9. The quantitative estimate of drug-likeness (QED) is 0.483. The molecule has 0 N–H and O–H groups in total. The number of halogens is 5. The molecule has 2 aromatic carbocycles. The van der Waals surface area contributed by atoms with Crippen LogP contribution >= 0.6 is 39.1 Å². The molecule has 6 heteroatoms. The molecule has 0 heterocycles. The maximum absolute atomic E-state index is 13.5. The minimum Gasteiger partial charge on any atom is -0.456 e. The molecule has 1 nitrogen and oxygen atoms in total. The summed E-state index contributed by atoms with van der Waals surface area (Å²) >= 11 is 14.5. The third-order valence-corrected chi connectivity index (χ3v) is 3.58. The van der Waals surface area contributed by atoms with Crippen LogP contribution in [-0.2, 0) is 5.88 Å². The van der Waals surface area contributed by atoms with Gasteiger partial charge in [0.15, 0.2) is 0 Å². The minimum absolute atomic E-state index is 0.0314. The van der Waals surface area contributed by atoms with Crippen molar-refractivity contribution in [1.82, 2.24) is 0 Å². The Hall–Kier alpha value is -0.840. The van der Waals surface area contributed by atoms with Crippen LogP contribution in [0.5, 0.6) is 11.5 Å². The summed E-state index contributed by atoms with van der Waals surface area (Å²) in [6.45, 7) is 0. The van der Waals surface area contributed by atoms with Gasteiger partial charge < -0.3 is 4.74 Å². The van der Waals surface area contributed by atoms with Crippen LogP contribution in [0.2, 0.25) is 5.02 Å². The highest BCUT2D eigenvalue weighted by molar-refractivity contribution is 9.10. The molecule has 100 valence electrons. The van der Waals surface area contributed by atoms with Crippen molar-refractivity contribution < 1.29 is 13.5 Å². The summed E-state index contributed by atoms with van der Waals surface area (Å²) in [5, 5.41) is -0.0314. The maximum atomic E-state index is 13.5. The first-order chi connectivity index (χ1) is 9.02. The van der Waals surface area contributed by atoms with E-state index in [1.54, 1.807) is 6.07 Å². The highest BCUT2D eigenvalue weighted by Crippen LogP contribution is 2.35. The summed E-state index contributed by atoms with van der Waals surface area (Å²) in [5.74, 6) is -0.714. The molecule has 0 bridgehead atoms. The van der Waals surface area contributed by atoms with Crippen molar-refractivity contribution in [2.45, 2.75) is 5.88 Å². The molecule has 0 saturated heterocycles. The Kier molecular flexibility index (Phi) is 4.66. The van der Waals surface area contributed by atoms with E-state index in [9.17, 15) is 8.78 Å². The topological polar surface area (TPSA) is 9.23 Å². The summed E-state index contributed by atoms with van der Waals surface area (Å²) in [6, 6.07) is 6.81. The molecular weight excluding hydrogens is 361 g/mol. The smallest absolute Gasteiger partial charge is 0.145 e. The van der Waals surface area contributed by atoms with Gasteiger partial charge in [-0.3, -0.25) is 0 Å². The fourth-order valence-corrected chi connectivity index (χ4v) is 2.44. The van der Waals surface area contributed by atoms with E-state index in [1.807, 2.05) is 0 Å². The number of rotatable bonds is 3. The molecule has 2 aromatic rings. The molecule has 0 aromatic heterocycles. The van der Waals surface area contributed by atoms with Crippen molar-refractivity contribution in [3.63, 3.8) is 0 Å². The summed E-state index contributed by atoms with van der Waals surface area (Å²) in [4.78, 5) is 0. The highest BCUT2D eigenvalue weighted by Gasteiger charge is 2.13. The van der Waals surface area contributed by atoms with Gasteiger partial charge in [-0.05, 0) is 34.1 Å². The van der Waals surface area contributed by atoms with E-state index in [0.29, 0.717) is 4.47 Å². The molecule has 0 saturated carbocycles. The van der Waals surface area contributed by atoms with E-state index < -0.39 is 11.6 Å². The molecule has 0 radical (unpaired) electrons. The van der Waals surface area contributed by atoms with Crippen LogP contribution in [0.3, 0.4) is 0 Å². The van der Waals surface area contributed by atoms with Crippen LogP contribution in [0, 0.1) is 11.6 Å². The van der Waals surface area contributed by atoms with Gasteiger partial charge in [-0.1, -0.05) is 17.7 Å². The monoisotopic (exact) mass is 366 g/mol. The fraction of sp³-hybridized carbons (Fsp3) is 0.0769. The Balaban J connectivity index is 2.42. The van der Waals surface area contributed by atoms with Gasteiger partial charge in [-0.15, -0.1) is 11.6 Å². The SMILES string of the molecule is Fc1cc(Oc2cccc(F)c2CCl)c(Br)cc1Cl. The zero-order chi connectivity index (χ0) is 14.0. The lowest BCUT2D eigenvalue weighted by Crippen LogP contribution is -1.94. The predicted molar refractivity (Wildman–Crippen MR) is 75.1 cm³/mol. The zero-order valence-electron chi connectivity index (χ0n) is 9.39. The van der Waals surface area contributed by atoms with Crippen molar-refractivity contribution in [1.29, 1.82) is 0 Å². The lowest BCUT2D eigenvalue weighted by atomic mass is 10.2. The van der Waals surface area contributed by atoms with E-state index in [0.717, 1.165) is 6.07 Å². The summed E-state index contributed by atoms with van der Waals surface area (Å²) in [7, 11) is 0. The van der Waals surface area contributed by atoms with E-state index in [-0.39, 0.29) is 28.0 Å². The van der Waals surface area contributed by atoms with Crippen molar-refractivity contribution in [2.24, 2.45) is 0 Å². The molecule has 0 spiro atoms. The van der Waals surface area contributed by atoms with Crippen molar-refractivity contribution in [3.05, 3.63) is 57.0 Å². The second kappa shape index (κ2) is 6.07. The van der Waals surface area contributed by atoms with Gasteiger partial charge in [0.1, 0.15) is 23.1 Å². The Morgan fingerprint density at radius 1 is 1.11 bits per heavy atom. The van der Waals surface area contributed by atoms with Crippen molar-refractivity contribution >= 4 is 39.1 Å². The van der Waals surface area contributed by atoms with E-state index in [4.69, 9.17) is 27.9 Å². The third-order valence-electron chi connectivity index (χ3n) is 2.40. The van der Waals surface area contributed by atoms with Crippen molar-refractivity contribution in [2.75, 3.05) is 0 Å². The fourth-order valence-electron chi connectivity index (χ4n) is 1.47. The van der Waals surface area contributed by atoms with Gasteiger partial charge in [0.05, 0.1) is 15.4 Å². The van der Waals surface area contributed by atoms with E-state index in [1.165, 1.54) is 18.2 Å². The molecule has 0 unspecified atom stereocenters.